The van der Waals surface area contributed by atoms with Crippen LogP contribution in [0.3, 0.4) is 0 Å². The van der Waals surface area contributed by atoms with Gasteiger partial charge in [-0.15, -0.1) is 0 Å². The minimum Gasteiger partial charge on any atom is -0.484 e. The summed E-state index contributed by atoms with van der Waals surface area (Å²) in [6, 6.07) is 16.1. The summed E-state index contributed by atoms with van der Waals surface area (Å²) in [6.45, 7) is 4.45. The zero-order chi connectivity index (χ0) is 25.9. The van der Waals surface area contributed by atoms with E-state index < -0.39 is 10.0 Å². The number of anilines is 2. The Bertz CT molecular complexity index is 1340. The number of aryl methyl sites for hydroxylation is 1. The maximum Gasteiger partial charge on any atom is 0.261 e. The van der Waals surface area contributed by atoms with Gasteiger partial charge in [0.1, 0.15) is 5.75 Å². The molecule has 0 unspecified atom stereocenters. The summed E-state index contributed by atoms with van der Waals surface area (Å²) >= 11 is 18.0. The van der Waals surface area contributed by atoms with Gasteiger partial charge in [0.05, 0.1) is 10.6 Å². The average molecular weight is 569 g/mol. The van der Waals surface area contributed by atoms with Crippen molar-refractivity contribution < 1.29 is 17.9 Å². The molecule has 1 N–H and O–H groups in total. The fourth-order valence-corrected chi connectivity index (χ4v) is 5.63. The largest absolute Gasteiger partial charge is 0.484 e. The number of rotatable bonds is 7. The van der Waals surface area contributed by atoms with E-state index in [9.17, 15) is 13.2 Å². The molecule has 0 aromatic heterocycles. The fourth-order valence-electron chi connectivity index (χ4n) is 3.90. The molecule has 4 rings (SSSR count). The zero-order valence-electron chi connectivity index (χ0n) is 19.4. The van der Waals surface area contributed by atoms with Crippen molar-refractivity contribution in [3.05, 3.63) is 81.3 Å². The number of benzene rings is 3. The maximum absolute atomic E-state index is 12.7. The number of amides is 1. The Kier molecular flexibility index (Phi) is 8.20. The van der Waals surface area contributed by atoms with Crippen molar-refractivity contribution >= 4 is 62.1 Å². The maximum atomic E-state index is 12.7. The van der Waals surface area contributed by atoms with Crippen LogP contribution in [-0.2, 0) is 14.8 Å². The second-order valence-electron chi connectivity index (χ2n) is 8.32. The molecular formula is C25H24Cl3N3O4S. The van der Waals surface area contributed by atoms with Gasteiger partial charge in [-0.2, -0.15) is 0 Å². The van der Waals surface area contributed by atoms with Crippen LogP contribution in [0.1, 0.15) is 5.56 Å². The molecule has 3 aromatic carbocycles. The Morgan fingerprint density at radius 1 is 0.889 bits per heavy atom. The minimum atomic E-state index is -3.86. The molecule has 3 aromatic rings. The first kappa shape index (κ1) is 26.4. The molecule has 1 amide bonds. The lowest BCUT2D eigenvalue weighted by atomic mass is 10.1. The van der Waals surface area contributed by atoms with Crippen molar-refractivity contribution in [2.24, 2.45) is 0 Å². The highest BCUT2D eigenvalue weighted by atomic mass is 35.5. The van der Waals surface area contributed by atoms with Crippen molar-refractivity contribution in [2.75, 3.05) is 42.4 Å². The quantitative estimate of drug-likeness (QED) is 0.408. The second-order valence-corrected chi connectivity index (χ2v) is 11.3. The third-order valence-electron chi connectivity index (χ3n) is 5.76. The highest BCUT2D eigenvalue weighted by Crippen LogP contribution is 2.27. The number of sulfonamides is 1. The SMILES string of the molecule is Cc1ccc(Cl)cc1N1CCN(C(=O)COc2ccc(S(=O)(=O)Nc3cc(Cl)cc(Cl)c3)cc2)CC1. The van der Waals surface area contributed by atoms with Gasteiger partial charge in [-0.1, -0.05) is 40.9 Å². The zero-order valence-corrected chi connectivity index (χ0v) is 22.5. The molecule has 0 radical (unpaired) electrons. The first-order valence-corrected chi connectivity index (χ1v) is 13.7. The van der Waals surface area contributed by atoms with Gasteiger partial charge in [0.2, 0.25) is 0 Å². The van der Waals surface area contributed by atoms with Crippen molar-refractivity contribution in [1.82, 2.24) is 4.90 Å². The van der Waals surface area contributed by atoms with Crippen LogP contribution in [0.2, 0.25) is 15.1 Å². The number of carbonyl (C=O) groups is 1. The normalized spacial score (nSPS) is 14.0. The lowest BCUT2D eigenvalue weighted by Gasteiger charge is -2.36. The summed E-state index contributed by atoms with van der Waals surface area (Å²) in [6.07, 6.45) is 0. The van der Waals surface area contributed by atoms with Gasteiger partial charge in [0.25, 0.3) is 15.9 Å². The predicted molar refractivity (Wildman–Crippen MR) is 144 cm³/mol. The van der Waals surface area contributed by atoms with Crippen LogP contribution in [0.4, 0.5) is 11.4 Å². The number of carbonyl (C=O) groups excluding carboxylic acids is 1. The molecular weight excluding hydrogens is 545 g/mol. The van der Waals surface area contributed by atoms with Crippen molar-refractivity contribution in [1.29, 1.82) is 0 Å². The van der Waals surface area contributed by atoms with Gasteiger partial charge in [-0.25, -0.2) is 8.42 Å². The van der Waals surface area contributed by atoms with E-state index in [1.54, 1.807) is 4.90 Å². The molecule has 0 aliphatic carbocycles. The first-order valence-electron chi connectivity index (χ1n) is 11.1. The van der Waals surface area contributed by atoms with Crippen LogP contribution in [0.5, 0.6) is 5.75 Å². The predicted octanol–water partition coefficient (Wildman–Crippen LogP) is 5.48. The van der Waals surface area contributed by atoms with E-state index in [0.717, 1.165) is 11.3 Å². The number of hydrogen-bond donors (Lipinski definition) is 1. The molecule has 7 nitrogen and oxygen atoms in total. The van der Waals surface area contributed by atoms with E-state index in [1.165, 1.54) is 42.5 Å². The lowest BCUT2D eigenvalue weighted by Crippen LogP contribution is -2.50. The molecule has 1 fully saturated rings. The van der Waals surface area contributed by atoms with Crippen molar-refractivity contribution in [3.8, 4) is 5.75 Å². The second kappa shape index (κ2) is 11.2. The molecule has 0 saturated carbocycles. The van der Waals surface area contributed by atoms with Crippen LogP contribution in [0.25, 0.3) is 0 Å². The van der Waals surface area contributed by atoms with E-state index in [-0.39, 0.29) is 23.1 Å². The van der Waals surface area contributed by atoms with Crippen LogP contribution in [0.15, 0.2) is 65.6 Å². The molecule has 0 spiro atoms. The van der Waals surface area contributed by atoms with Crippen LogP contribution < -0.4 is 14.4 Å². The van der Waals surface area contributed by atoms with Gasteiger partial charge >= 0.3 is 0 Å². The van der Waals surface area contributed by atoms with Crippen LogP contribution in [-0.4, -0.2) is 52.0 Å². The van der Waals surface area contributed by atoms with Crippen molar-refractivity contribution in [2.45, 2.75) is 11.8 Å². The smallest absolute Gasteiger partial charge is 0.261 e. The van der Waals surface area contributed by atoms with Crippen LogP contribution in [0, 0.1) is 6.92 Å². The summed E-state index contributed by atoms with van der Waals surface area (Å²) < 4.78 is 33.4. The Morgan fingerprint density at radius 3 is 2.17 bits per heavy atom. The van der Waals surface area contributed by atoms with E-state index in [0.29, 0.717) is 47.0 Å². The summed E-state index contributed by atoms with van der Waals surface area (Å²) in [7, 11) is -3.86. The monoisotopic (exact) mass is 567 g/mol. The number of piperazine rings is 1. The Morgan fingerprint density at radius 2 is 1.53 bits per heavy atom. The highest BCUT2D eigenvalue weighted by molar-refractivity contribution is 7.92. The average Bonchev–Trinajstić information content (AvgIpc) is 2.83. The minimum absolute atomic E-state index is 0.0321. The standard InChI is InChI=1S/C25H24Cl3N3O4S/c1-17-2-3-18(26)15-24(17)30-8-10-31(11-9-30)25(32)16-35-22-4-6-23(7-5-22)36(33,34)29-21-13-19(27)12-20(28)14-21/h2-7,12-15,29H,8-11,16H2,1H3. The summed E-state index contributed by atoms with van der Waals surface area (Å²) in [5, 5.41) is 1.31. The van der Waals surface area contributed by atoms with Crippen LogP contribution >= 0.6 is 34.8 Å². The van der Waals surface area contributed by atoms with E-state index in [2.05, 4.69) is 9.62 Å². The summed E-state index contributed by atoms with van der Waals surface area (Å²) in [5.74, 6) is 0.259. The van der Waals surface area contributed by atoms with E-state index >= 15 is 0 Å². The molecule has 1 aliphatic rings. The molecule has 1 saturated heterocycles. The topological polar surface area (TPSA) is 79.0 Å². The molecule has 0 atom stereocenters. The first-order chi connectivity index (χ1) is 17.1. The van der Waals surface area contributed by atoms with Gasteiger partial charge in [-0.3, -0.25) is 9.52 Å². The number of hydrogen-bond acceptors (Lipinski definition) is 5. The molecule has 36 heavy (non-hydrogen) atoms. The number of ether oxygens (including phenoxy) is 1. The van der Waals surface area contributed by atoms with Gasteiger partial charge in [0.15, 0.2) is 6.61 Å². The third-order valence-corrected chi connectivity index (χ3v) is 7.82. The fraction of sp³-hybridized carbons (Fsp3) is 0.240. The van der Waals surface area contributed by atoms with E-state index in [4.69, 9.17) is 39.5 Å². The molecule has 190 valence electrons. The van der Waals surface area contributed by atoms with Crippen molar-refractivity contribution in [3.63, 3.8) is 0 Å². The molecule has 11 heteroatoms. The Hall–Kier alpha value is -2.65. The number of halogens is 3. The molecule has 0 bridgehead atoms. The third kappa shape index (κ3) is 6.56. The van der Waals surface area contributed by atoms with Gasteiger partial charge in [-0.05, 0) is 67.1 Å². The number of nitrogens with one attached hydrogen (secondary N) is 1. The molecule has 1 aliphatic heterocycles. The highest BCUT2D eigenvalue weighted by Gasteiger charge is 2.23. The Labute approximate surface area is 225 Å². The van der Waals surface area contributed by atoms with E-state index in [1.807, 2.05) is 25.1 Å². The lowest BCUT2D eigenvalue weighted by molar-refractivity contribution is -0.133. The summed E-state index contributed by atoms with van der Waals surface area (Å²) in [4.78, 5) is 16.7. The van der Waals surface area contributed by atoms with Gasteiger partial charge in [0, 0.05) is 46.9 Å². The summed E-state index contributed by atoms with van der Waals surface area (Å²) in [5.41, 5.74) is 2.47. The van der Waals surface area contributed by atoms with Gasteiger partial charge < -0.3 is 14.5 Å². The number of nitrogens with zero attached hydrogens (tertiary/aromatic N) is 2. The Balaban J connectivity index is 1.30. The molecule has 1 heterocycles.